The minimum Gasteiger partial charge on any atom is -0.385 e. The summed E-state index contributed by atoms with van der Waals surface area (Å²) in [5.74, 6) is 0.206. The van der Waals surface area contributed by atoms with Gasteiger partial charge >= 0.3 is 0 Å². The summed E-state index contributed by atoms with van der Waals surface area (Å²) >= 11 is 5.94. The first-order chi connectivity index (χ1) is 11.1. The van der Waals surface area contributed by atoms with Crippen molar-refractivity contribution >= 4 is 29.1 Å². The lowest BCUT2D eigenvalue weighted by molar-refractivity contribution is 0.102. The summed E-state index contributed by atoms with van der Waals surface area (Å²) < 4.78 is 4.96. The van der Waals surface area contributed by atoms with Crippen LogP contribution in [0.5, 0.6) is 0 Å². The number of aromatic nitrogens is 2. The molecule has 0 unspecified atom stereocenters. The van der Waals surface area contributed by atoms with Crippen molar-refractivity contribution in [1.82, 2.24) is 9.97 Å². The van der Waals surface area contributed by atoms with Crippen LogP contribution in [0.3, 0.4) is 0 Å². The second-order valence-corrected chi connectivity index (χ2v) is 5.42. The SMILES string of the molecule is COCCCNc1ncc(C(=O)Nc2cc(Cl)ccc2C)cn1. The molecule has 0 saturated heterocycles. The molecule has 2 N–H and O–H groups in total. The predicted octanol–water partition coefficient (Wildman–Crippen LogP) is 3.14. The number of rotatable bonds is 7. The molecule has 2 rings (SSSR count). The van der Waals surface area contributed by atoms with Gasteiger partial charge in [-0.3, -0.25) is 4.79 Å². The summed E-state index contributed by atoms with van der Waals surface area (Å²) in [5.41, 5.74) is 1.98. The maximum absolute atomic E-state index is 12.2. The fourth-order valence-corrected chi connectivity index (χ4v) is 2.05. The van der Waals surface area contributed by atoms with Gasteiger partial charge in [-0.05, 0) is 31.0 Å². The summed E-state index contributed by atoms with van der Waals surface area (Å²) in [6.07, 6.45) is 3.83. The Hall–Kier alpha value is -2.18. The summed E-state index contributed by atoms with van der Waals surface area (Å²) in [4.78, 5) is 20.5. The highest BCUT2D eigenvalue weighted by atomic mass is 35.5. The van der Waals surface area contributed by atoms with E-state index in [2.05, 4.69) is 20.6 Å². The van der Waals surface area contributed by atoms with E-state index >= 15 is 0 Å². The number of ether oxygens (including phenoxy) is 1. The first-order valence-corrected chi connectivity index (χ1v) is 7.60. The van der Waals surface area contributed by atoms with Crippen LogP contribution < -0.4 is 10.6 Å². The van der Waals surface area contributed by atoms with Crippen LogP contribution in [-0.4, -0.2) is 36.1 Å². The molecule has 6 nitrogen and oxygen atoms in total. The number of amides is 1. The Morgan fingerprint density at radius 3 is 2.74 bits per heavy atom. The fourth-order valence-electron chi connectivity index (χ4n) is 1.88. The molecule has 2 aromatic rings. The van der Waals surface area contributed by atoms with E-state index in [9.17, 15) is 4.79 Å². The van der Waals surface area contributed by atoms with Crippen LogP contribution in [0.15, 0.2) is 30.6 Å². The molecule has 1 heterocycles. The monoisotopic (exact) mass is 334 g/mol. The summed E-state index contributed by atoms with van der Waals surface area (Å²) in [6.45, 7) is 3.28. The molecule has 0 radical (unpaired) electrons. The smallest absolute Gasteiger partial charge is 0.258 e. The van der Waals surface area contributed by atoms with E-state index in [1.54, 1.807) is 19.2 Å². The highest BCUT2D eigenvalue weighted by Crippen LogP contribution is 2.20. The van der Waals surface area contributed by atoms with E-state index < -0.39 is 0 Å². The third-order valence-corrected chi connectivity index (χ3v) is 3.41. The van der Waals surface area contributed by atoms with Crippen molar-refractivity contribution in [3.63, 3.8) is 0 Å². The Morgan fingerprint density at radius 2 is 2.04 bits per heavy atom. The molecule has 1 aromatic carbocycles. The van der Waals surface area contributed by atoms with Crippen molar-refractivity contribution in [2.24, 2.45) is 0 Å². The molecule has 1 aromatic heterocycles. The van der Waals surface area contributed by atoms with Gasteiger partial charge in [0.15, 0.2) is 0 Å². The van der Waals surface area contributed by atoms with Crippen LogP contribution in [0, 0.1) is 6.92 Å². The van der Waals surface area contributed by atoms with Gasteiger partial charge in [0.25, 0.3) is 5.91 Å². The normalized spacial score (nSPS) is 10.4. The standard InChI is InChI=1S/C16H19ClN4O2/c1-11-4-5-13(17)8-14(11)21-15(22)12-9-19-16(20-10-12)18-6-3-7-23-2/h4-5,8-10H,3,6-7H2,1-2H3,(H,21,22)(H,18,19,20). The number of carbonyl (C=O) groups excluding carboxylic acids is 1. The highest BCUT2D eigenvalue weighted by Gasteiger charge is 2.09. The Bertz CT molecular complexity index is 662. The van der Waals surface area contributed by atoms with Crippen LogP contribution in [0.25, 0.3) is 0 Å². The summed E-state index contributed by atoms with van der Waals surface area (Å²) in [6, 6.07) is 5.34. The lowest BCUT2D eigenvalue weighted by Gasteiger charge is -2.09. The largest absolute Gasteiger partial charge is 0.385 e. The molecule has 0 aliphatic heterocycles. The Labute approximate surface area is 140 Å². The van der Waals surface area contributed by atoms with E-state index in [0.29, 0.717) is 35.4 Å². The van der Waals surface area contributed by atoms with E-state index in [4.69, 9.17) is 16.3 Å². The Morgan fingerprint density at radius 1 is 1.30 bits per heavy atom. The van der Waals surface area contributed by atoms with Crippen molar-refractivity contribution < 1.29 is 9.53 Å². The van der Waals surface area contributed by atoms with E-state index in [-0.39, 0.29) is 5.91 Å². The zero-order valence-electron chi connectivity index (χ0n) is 13.1. The van der Waals surface area contributed by atoms with Gasteiger partial charge in [-0.2, -0.15) is 0 Å². The molecule has 0 atom stereocenters. The van der Waals surface area contributed by atoms with Gasteiger partial charge in [0.05, 0.1) is 5.56 Å². The minimum absolute atomic E-state index is 0.277. The van der Waals surface area contributed by atoms with E-state index in [0.717, 1.165) is 12.0 Å². The average molecular weight is 335 g/mol. The highest BCUT2D eigenvalue weighted by molar-refractivity contribution is 6.31. The van der Waals surface area contributed by atoms with E-state index in [1.165, 1.54) is 12.4 Å². The minimum atomic E-state index is -0.277. The number of carbonyl (C=O) groups is 1. The summed E-state index contributed by atoms with van der Waals surface area (Å²) in [5, 5.41) is 6.43. The Kier molecular flexibility index (Phi) is 6.31. The molecule has 0 aliphatic rings. The molecule has 1 amide bonds. The Balaban J connectivity index is 1.96. The topological polar surface area (TPSA) is 76.1 Å². The van der Waals surface area contributed by atoms with Crippen molar-refractivity contribution in [2.75, 3.05) is 30.9 Å². The van der Waals surface area contributed by atoms with Crippen LogP contribution in [0.2, 0.25) is 5.02 Å². The van der Waals surface area contributed by atoms with Gasteiger partial charge in [0, 0.05) is 43.4 Å². The molecular formula is C16H19ClN4O2. The summed E-state index contributed by atoms with van der Waals surface area (Å²) in [7, 11) is 1.66. The van der Waals surface area contributed by atoms with Gasteiger partial charge in [0.2, 0.25) is 5.95 Å². The molecule has 0 saturated carbocycles. The van der Waals surface area contributed by atoms with E-state index in [1.807, 2.05) is 13.0 Å². The van der Waals surface area contributed by atoms with Crippen LogP contribution >= 0.6 is 11.6 Å². The molecule has 0 fully saturated rings. The van der Waals surface area contributed by atoms with Crippen LogP contribution in [-0.2, 0) is 4.74 Å². The maximum atomic E-state index is 12.2. The van der Waals surface area contributed by atoms with Crippen molar-refractivity contribution in [3.05, 3.63) is 46.7 Å². The first-order valence-electron chi connectivity index (χ1n) is 7.22. The number of hydrogen-bond acceptors (Lipinski definition) is 5. The molecule has 122 valence electrons. The van der Waals surface area contributed by atoms with Gasteiger partial charge in [-0.1, -0.05) is 17.7 Å². The molecule has 7 heteroatoms. The second-order valence-electron chi connectivity index (χ2n) is 4.98. The zero-order chi connectivity index (χ0) is 16.7. The number of halogens is 1. The number of hydrogen-bond donors (Lipinski definition) is 2. The quantitative estimate of drug-likeness (QED) is 0.761. The van der Waals surface area contributed by atoms with Crippen LogP contribution in [0.1, 0.15) is 22.3 Å². The van der Waals surface area contributed by atoms with Gasteiger partial charge < -0.3 is 15.4 Å². The maximum Gasteiger partial charge on any atom is 0.258 e. The lowest BCUT2D eigenvalue weighted by Crippen LogP contribution is -2.14. The van der Waals surface area contributed by atoms with Crippen LogP contribution in [0.4, 0.5) is 11.6 Å². The lowest BCUT2D eigenvalue weighted by atomic mass is 10.2. The van der Waals surface area contributed by atoms with Gasteiger partial charge in [-0.25, -0.2) is 9.97 Å². The predicted molar refractivity (Wildman–Crippen MR) is 91.2 cm³/mol. The second kappa shape index (κ2) is 8.45. The molecule has 0 aliphatic carbocycles. The molecule has 0 spiro atoms. The molecule has 23 heavy (non-hydrogen) atoms. The number of methoxy groups -OCH3 is 1. The zero-order valence-corrected chi connectivity index (χ0v) is 13.9. The van der Waals surface area contributed by atoms with Crippen molar-refractivity contribution in [1.29, 1.82) is 0 Å². The number of benzene rings is 1. The van der Waals surface area contributed by atoms with Crippen molar-refractivity contribution in [2.45, 2.75) is 13.3 Å². The number of anilines is 2. The molecule has 0 bridgehead atoms. The average Bonchev–Trinajstić information content (AvgIpc) is 2.55. The molecular weight excluding hydrogens is 316 g/mol. The first kappa shape index (κ1) is 17.2. The fraction of sp³-hybridized carbons (Fsp3) is 0.312. The third-order valence-electron chi connectivity index (χ3n) is 3.17. The van der Waals surface area contributed by atoms with Gasteiger partial charge in [0.1, 0.15) is 0 Å². The van der Waals surface area contributed by atoms with Gasteiger partial charge in [-0.15, -0.1) is 0 Å². The number of nitrogens with zero attached hydrogens (tertiary/aromatic N) is 2. The van der Waals surface area contributed by atoms with Crippen molar-refractivity contribution in [3.8, 4) is 0 Å². The number of nitrogens with one attached hydrogen (secondary N) is 2. The number of aryl methyl sites for hydroxylation is 1. The third kappa shape index (κ3) is 5.19.